The van der Waals surface area contributed by atoms with E-state index in [2.05, 4.69) is 15.9 Å². The first-order valence-electron chi connectivity index (χ1n) is 7.60. The molecule has 0 N–H and O–H groups in total. The van der Waals surface area contributed by atoms with Gasteiger partial charge in [-0.15, -0.1) is 0 Å². The maximum Gasteiger partial charge on any atom is 0.256 e. The molecule has 7 heteroatoms. The van der Waals surface area contributed by atoms with Crippen molar-refractivity contribution >= 4 is 27.5 Å². The molecule has 1 aromatic rings. The molecule has 1 amide bonds. The Bertz CT molecular complexity index is 622. The zero-order chi connectivity index (χ0) is 17.7. The molecule has 0 radical (unpaired) electrons. The third kappa shape index (κ3) is 4.54. The summed E-state index contributed by atoms with van der Waals surface area (Å²) in [6, 6.07) is 5.39. The van der Waals surface area contributed by atoms with Crippen molar-refractivity contribution in [3.05, 3.63) is 35.4 Å². The molecular formula is C17H20BrF2NO3. The smallest absolute Gasteiger partial charge is 0.256 e. The fraction of sp³-hybridized carbons (Fsp3) is 0.471. The fourth-order valence-electron chi connectivity index (χ4n) is 2.55. The molecule has 1 aromatic carbocycles. The summed E-state index contributed by atoms with van der Waals surface area (Å²) in [5.41, 5.74) is 2.13. The van der Waals surface area contributed by atoms with E-state index >= 15 is 0 Å². The van der Waals surface area contributed by atoms with Crippen molar-refractivity contribution < 1.29 is 23.0 Å². The van der Waals surface area contributed by atoms with Crippen LogP contribution in [0.2, 0.25) is 0 Å². The number of carbonyl (C=O) groups excluding carboxylic acids is 1. The largest absolute Gasteiger partial charge is 0.491 e. The third-order valence-electron chi connectivity index (χ3n) is 3.69. The molecular weight excluding hydrogens is 384 g/mol. The Morgan fingerprint density at radius 2 is 2.12 bits per heavy atom. The number of carbonyl (C=O) groups is 1. The van der Waals surface area contributed by atoms with E-state index in [-0.39, 0.29) is 5.91 Å². The van der Waals surface area contributed by atoms with Gasteiger partial charge in [0.05, 0.1) is 18.0 Å². The number of nitrogens with zero attached hydrogens (tertiary/aromatic N) is 1. The van der Waals surface area contributed by atoms with Crippen LogP contribution in [0, 0.1) is 6.92 Å². The number of halogens is 3. The molecule has 0 aliphatic carbocycles. The molecule has 0 bridgehead atoms. The number of amides is 1. The van der Waals surface area contributed by atoms with Gasteiger partial charge in [-0.25, -0.2) is 8.78 Å². The molecule has 4 nitrogen and oxygen atoms in total. The van der Waals surface area contributed by atoms with Crippen molar-refractivity contribution in [3.8, 4) is 5.75 Å². The monoisotopic (exact) mass is 403 g/mol. The number of methoxy groups -OCH3 is 1. The van der Waals surface area contributed by atoms with Crippen LogP contribution < -0.4 is 4.74 Å². The van der Waals surface area contributed by atoms with Crippen molar-refractivity contribution in [2.45, 2.75) is 24.6 Å². The number of aryl methyl sites for hydroxylation is 1. The topological polar surface area (TPSA) is 38.8 Å². The normalized spacial score (nSPS) is 18.1. The van der Waals surface area contributed by atoms with E-state index in [1.807, 2.05) is 19.1 Å². The molecule has 0 spiro atoms. The summed E-state index contributed by atoms with van der Waals surface area (Å²) < 4.78 is 36.2. The zero-order valence-electron chi connectivity index (χ0n) is 13.6. The molecule has 0 saturated carbocycles. The first-order valence-corrected chi connectivity index (χ1v) is 8.52. The Hall–Kier alpha value is -1.47. The van der Waals surface area contributed by atoms with Crippen LogP contribution >= 0.6 is 15.9 Å². The van der Waals surface area contributed by atoms with E-state index in [0.29, 0.717) is 31.1 Å². The molecule has 1 aliphatic heterocycles. The Morgan fingerprint density at radius 3 is 2.75 bits per heavy atom. The van der Waals surface area contributed by atoms with Gasteiger partial charge in [-0.2, -0.15) is 0 Å². The number of hydrogen-bond donors (Lipinski definition) is 0. The van der Waals surface area contributed by atoms with E-state index < -0.39 is 17.8 Å². The van der Waals surface area contributed by atoms with E-state index in [9.17, 15) is 13.6 Å². The van der Waals surface area contributed by atoms with Gasteiger partial charge in [-0.1, -0.05) is 22.0 Å². The number of allylic oxidation sites excluding steroid dienone is 1. The average Bonchev–Trinajstić information content (AvgIpc) is 2.53. The van der Waals surface area contributed by atoms with Crippen LogP contribution in [0.5, 0.6) is 5.75 Å². The van der Waals surface area contributed by atoms with Gasteiger partial charge in [-0.3, -0.25) is 4.79 Å². The van der Waals surface area contributed by atoms with Crippen molar-refractivity contribution in [1.29, 1.82) is 0 Å². The van der Waals surface area contributed by atoms with Gasteiger partial charge in [0, 0.05) is 18.4 Å². The maximum absolute atomic E-state index is 12.9. The first kappa shape index (κ1) is 18.9. The van der Waals surface area contributed by atoms with Crippen molar-refractivity contribution in [2.24, 2.45) is 0 Å². The Morgan fingerprint density at radius 1 is 1.38 bits per heavy atom. The minimum absolute atomic E-state index is 0.340. The van der Waals surface area contributed by atoms with Gasteiger partial charge in [-0.05, 0) is 37.1 Å². The first-order chi connectivity index (χ1) is 11.4. The average molecular weight is 404 g/mol. The summed E-state index contributed by atoms with van der Waals surface area (Å²) in [5.74, 6) is 0.336. The quantitative estimate of drug-likeness (QED) is 0.515. The zero-order valence-corrected chi connectivity index (χ0v) is 15.2. The number of hydrogen-bond acceptors (Lipinski definition) is 3. The summed E-state index contributed by atoms with van der Waals surface area (Å²) >= 11 is 3.24. The summed E-state index contributed by atoms with van der Waals surface area (Å²) in [6.45, 7) is 2.16. The second-order valence-electron chi connectivity index (χ2n) is 5.45. The molecule has 1 aliphatic rings. The Labute approximate surface area is 148 Å². The van der Waals surface area contributed by atoms with Crippen LogP contribution in [0.15, 0.2) is 24.3 Å². The minimum Gasteiger partial charge on any atom is -0.491 e. The summed E-state index contributed by atoms with van der Waals surface area (Å²) in [4.78, 5) is 13.0. The van der Waals surface area contributed by atoms with Crippen molar-refractivity contribution in [2.75, 3.05) is 26.9 Å². The van der Waals surface area contributed by atoms with Crippen LogP contribution in [0.3, 0.4) is 0 Å². The summed E-state index contributed by atoms with van der Waals surface area (Å²) in [7, 11) is 1.60. The lowest BCUT2D eigenvalue weighted by molar-refractivity contribution is -0.129. The van der Waals surface area contributed by atoms with Gasteiger partial charge >= 0.3 is 0 Å². The number of benzene rings is 1. The van der Waals surface area contributed by atoms with Crippen LogP contribution in [0.1, 0.15) is 17.5 Å². The lowest BCUT2D eigenvalue weighted by Crippen LogP contribution is -2.41. The molecule has 0 aromatic heterocycles. The maximum atomic E-state index is 12.9. The molecule has 0 fully saturated rings. The molecule has 2 rings (SSSR count). The highest BCUT2D eigenvalue weighted by Gasteiger charge is 2.31. The Kier molecular flexibility index (Phi) is 6.74. The fourth-order valence-corrected chi connectivity index (χ4v) is 2.99. The van der Waals surface area contributed by atoms with Crippen molar-refractivity contribution in [3.63, 3.8) is 0 Å². The molecule has 1 unspecified atom stereocenters. The lowest BCUT2D eigenvalue weighted by Gasteiger charge is -2.32. The number of alkyl halides is 3. The molecule has 1 heterocycles. The third-order valence-corrected chi connectivity index (χ3v) is 4.46. The van der Waals surface area contributed by atoms with Gasteiger partial charge in [0.25, 0.3) is 6.43 Å². The van der Waals surface area contributed by atoms with Crippen molar-refractivity contribution in [1.82, 2.24) is 4.90 Å². The van der Waals surface area contributed by atoms with Gasteiger partial charge in [0.15, 0.2) is 0 Å². The van der Waals surface area contributed by atoms with Crippen LogP contribution in [0.25, 0.3) is 5.70 Å². The highest BCUT2D eigenvalue weighted by atomic mass is 79.9. The predicted octanol–water partition coefficient (Wildman–Crippen LogP) is 3.62. The molecule has 1 atom stereocenters. The van der Waals surface area contributed by atoms with Crippen LogP contribution in [-0.4, -0.2) is 48.9 Å². The van der Waals surface area contributed by atoms with Crippen LogP contribution in [-0.2, 0) is 9.53 Å². The molecule has 0 saturated heterocycles. The Balaban J connectivity index is 2.26. The molecule has 132 valence electrons. The highest BCUT2D eigenvalue weighted by molar-refractivity contribution is 9.10. The highest BCUT2D eigenvalue weighted by Crippen LogP contribution is 2.32. The van der Waals surface area contributed by atoms with E-state index in [4.69, 9.17) is 9.47 Å². The second kappa shape index (κ2) is 8.58. The van der Waals surface area contributed by atoms with Gasteiger partial charge in [0.1, 0.15) is 12.4 Å². The van der Waals surface area contributed by atoms with E-state index in [0.717, 1.165) is 16.0 Å². The molecule has 24 heavy (non-hydrogen) atoms. The summed E-state index contributed by atoms with van der Waals surface area (Å²) in [5, 5.41) is 0. The SMILES string of the molecule is COCCOc1ccc(C2=CCC(Br)C(=O)N2CC(F)F)c(C)c1. The number of ether oxygens (including phenoxy) is 2. The second-order valence-corrected chi connectivity index (χ2v) is 6.56. The minimum atomic E-state index is -2.59. The predicted molar refractivity (Wildman–Crippen MR) is 91.6 cm³/mol. The lowest BCUT2D eigenvalue weighted by atomic mass is 10.00. The van der Waals surface area contributed by atoms with E-state index in [1.54, 1.807) is 19.2 Å². The number of rotatable bonds is 7. The van der Waals surface area contributed by atoms with Crippen LogP contribution in [0.4, 0.5) is 8.78 Å². The standard InChI is InChI=1S/C17H20BrF2NO3/c1-11-9-12(24-8-7-23-2)3-4-13(11)15-6-5-14(18)17(22)21(15)10-16(19)20/h3-4,6,9,14,16H,5,7-8,10H2,1-2H3. The van der Waals surface area contributed by atoms with E-state index in [1.165, 1.54) is 0 Å². The summed E-state index contributed by atoms with van der Waals surface area (Å²) in [6.07, 6.45) is -0.303. The van der Waals surface area contributed by atoms with Gasteiger partial charge in [0.2, 0.25) is 5.91 Å². The van der Waals surface area contributed by atoms with Gasteiger partial charge < -0.3 is 14.4 Å².